The quantitative estimate of drug-likeness (QED) is 0.814. The van der Waals surface area contributed by atoms with Gasteiger partial charge in [0, 0.05) is 18.9 Å². The maximum atomic E-state index is 5.76. The summed E-state index contributed by atoms with van der Waals surface area (Å²) in [5.74, 6) is 0.619. The van der Waals surface area contributed by atoms with Gasteiger partial charge in [-0.1, -0.05) is 0 Å². The summed E-state index contributed by atoms with van der Waals surface area (Å²) in [5.41, 5.74) is 7.04. The lowest BCUT2D eigenvalue weighted by atomic mass is 10.2. The lowest BCUT2D eigenvalue weighted by Crippen LogP contribution is -2.04. The summed E-state index contributed by atoms with van der Waals surface area (Å²) in [6, 6.07) is 4.05. The SMILES string of the molecule is CSc1c(N)nsc1NCCc1ccncc1. The molecule has 0 saturated carbocycles. The summed E-state index contributed by atoms with van der Waals surface area (Å²) >= 11 is 3.04. The smallest absolute Gasteiger partial charge is 0.153 e. The van der Waals surface area contributed by atoms with Gasteiger partial charge < -0.3 is 11.1 Å². The Morgan fingerprint density at radius 1 is 1.41 bits per heavy atom. The van der Waals surface area contributed by atoms with Gasteiger partial charge in [0.05, 0.1) is 4.90 Å². The standard InChI is InChI=1S/C11H14N4S2/c1-16-9-10(12)15-17-11(9)14-7-4-8-2-5-13-6-3-8/h2-3,5-6,14H,4,7H2,1H3,(H2,12,15). The van der Waals surface area contributed by atoms with Gasteiger partial charge in [0.1, 0.15) is 5.00 Å². The minimum Gasteiger partial charge on any atom is -0.382 e. The zero-order chi connectivity index (χ0) is 12.1. The number of hydrogen-bond donors (Lipinski definition) is 2. The topological polar surface area (TPSA) is 63.8 Å². The number of nitrogens with one attached hydrogen (secondary N) is 1. The number of pyridine rings is 1. The normalized spacial score (nSPS) is 10.4. The Morgan fingerprint density at radius 3 is 2.88 bits per heavy atom. The van der Waals surface area contributed by atoms with Gasteiger partial charge in [-0.25, -0.2) is 0 Å². The Morgan fingerprint density at radius 2 is 2.18 bits per heavy atom. The Balaban J connectivity index is 1.90. The third kappa shape index (κ3) is 3.10. The highest BCUT2D eigenvalue weighted by atomic mass is 32.2. The molecule has 2 aromatic rings. The minimum atomic E-state index is 0.619. The molecule has 0 aliphatic rings. The molecule has 0 spiro atoms. The zero-order valence-electron chi connectivity index (χ0n) is 9.51. The number of anilines is 2. The van der Waals surface area contributed by atoms with Crippen LogP contribution < -0.4 is 11.1 Å². The summed E-state index contributed by atoms with van der Waals surface area (Å²) in [7, 11) is 0. The van der Waals surface area contributed by atoms with Gasteiger partial charge in [-0.2, -0.15) is 4.37 Å². The van der Waals surface area contributed by atoms with Gasteiger partial charge in [0.2, 0.25) is 0 Å². The highest BCUT2D eigenvalue weighted by molar-refractivity contribution is 7.99. The van der Waals surface area contributed by atoms with E-state index in [0.29, 0.717) is 5.82 Å². The number of thioether (sulfide) groups is 1. The fraction of sp³-hybridized carbons (Fsp3) is 0.273. The average Bonchev–Trinajstić information content (AvgIpc) is 2.71. The maximum Gasteiger partial charge on any atom is 0.153 e. The molecule has 4 nitrogen and oxygen atoms in total. The Hall–Kier alpha value is -1.27. The molecule has 0 bridgehead atoms. The van der Waals surface area contributed by atoms with E-state index < -0.39 is 0 Å². The summed E-state index contributed by atoms with van der Waals surface area (Å²) in [4.78, 5) is 5.04. The van der Waals surface area contributed by atoms with Crippen molar-refractivity contribution in [2.24, 2.45) is 0 Å². The number of hydrogen-bond acceptors (Lipinski definition) is 6. The number of rotatable bonds is 5. The van der Waals surface area contributed by atoms with Crippen LogP contribution in [-0.4, -0.2) is 22.2 Å². The first-order valence-corrected chi connectivity index (χ1v) is 7.23. The Labute approximate surface area is 109 Å². The van der Waals surface area contributed by atoms with Gasteiger partial charge in [-0.3, -0.25) is 4.98 Å². The van der Waals surface area contributed by atoms with E-state index in [0.717, 1.165) is 22.9 Å². The molecule has 0 aromatic carbocycles. The third-order valence-electron chi connectivity index (χ3n) is 2.33. The van der Waals surface area contributed by atoms with Crippen LogP contribution in [-0.2, 0) is 6.42 Å². The third-order valence-corrected chi connectivity index (χ3v) is 4.10. The fourth-order valence-corrected chi connectivity index (χ4v) is 3.04. The Bertz CT molecular complexity index is 470. The molecule has 0 aliphatic heterocycles. The molecule has 3 N–H and O–H groups in total. The van der Waals surface area contributed by atoms with E-state index in [9.17, 15) is 0 Å². The van der Waals surface area contributed by atoms with Crippen molar-refractivity contribution < 1.29 is 0 Å². The van der Waals surface area contributed by atoms with Crippen molar-refractivity contribution >= 4 is 34.1 Å². The molecule has 2 aromatic heterocycles. The van der Waals surface area contributed by atoms with Crippen LogP contribution in [0.15, 0.2) is 29.4 Å². The van der Waals surface area contributed by atoms with Crippen molar-refractivity contribution in [2.75, 3.05) is 23.9 Å². The first-order chi connectivity index (χ1) is 8.31. The highest BCUT2D eigenvalue weighted by Gasteiger charge is 2.09. The second-order valence-corrected chi connectivity index (χ2v) is 5.05. The zero-order valence-corrected chi connectivity index (χ0v) is 11.1. The van der Waals surface area contributed by atoms with Gasteiger partial charge in [0.15, 0.2) is 5.82 Å². The van der Waals surface area contributed by atoms with E-state index in [1.807, 2.05) is 30.8 Å². The van der Waals surface area contributed by atoms with Crippen LogP contribution in [0.2, 0.25) is 0 Å². The second-order valence-electron chi connectivity index (χ2n) is 3.46. The fourth-order valence-electron chi connectivity index (χ4n) is 1.47. The second kappa shape index (κ2) is 5.88. The van der Waals surface area contributed by atoms with Crippen LogP contribution in [0.4, 0.5) is 10.8 Å². The molecular weight excluding hydrogens is 252 g/mol. The van der Waals surface area contributed by atoms with Crippen molar-refractivity contribution in [1.29, 1.82) is 0 Å². The molecule has 0 unspecified atom stereocenters. The van der Waals surface area contributed by atoms with Gasteiger partial charge in [-0.05, 0) is 41.9 Å². The van der Waals surface area contributed by atoms with Crippen LogP contribution in [0.3, 0.4) is 0 Å². The van der Waals surface area contributed by atoms with Gasteiger partial charge >= 0.3 is 0 Å². The van der Waals surface area contributed by atoms with Crippen LogP contribution in [0.25, 0.3) is 0 Å². The molecule has 2 rings (SSSR count). The summed E-state index contributed by atoms with van der Waals surface area (Å²) in [6.45, 7) is 0.874. The number of aromatic nitrogens is 2. The average molecular weight is 266 g/mol. The van der Waals surface area contributed by atoms with E-state index in [1.165, 1.54) is 17.1 Å². The van der Waals surface area contributed by atoms with Gasteiger partial charge in [-0.15, -0.1) is 11.8 Å². The lowest BCUT2D eigenvalue weighted by Gasteiger charge is -2.05. The predicted octanol–water partition coefficient (Wildman–Crippen LogP) is 2.50. The van der Waals surface area contributed by atoms with Crippen molar-refractivity contribution in [1.82, 2.24) is 9.36 Å². The van der Waals surface area contributed by atoms with Crippen LogP contribution in [0, 0.1) is 0 Å². The molecule has 0 radical (unpaired) electrons. The number of nitrogens with zero attached hydrogens (tertiary/aromatic N) is 2. The van der Waals surface area contributed by atoms with E-state index in [2.05, 4.69) is 14.7 Å². The van der Waals surface area contributed by atoms with Crippen molar-refractivity contribution in [2.45, 2.75) is 11.3 Å². The Kier molecular flexibility index (Phi) is 4.22. The number of nitrogens with two attached hydrogens (primary N) is 1. The van der Waals surface area contributed by atoms with Gasteiger partial charge in [0.25, 0.3) is 0 Å². The first kappa shape index (κ1) is 12.2. The molecule has 17 heavy (non-hydrogen) atoms. The van der Waals surface area contributed by atoms with Crippen molar-refractivity contribution in [3.05, 3.63) is 30.1 Å². The van der Waals surface area contributed by atoms with Crippen LogP contribution >= 0.6 is 23.3 Å². The molecule has 0 aliphatic carbocycles. The minimum absolute atomic E-state index is 0.619. The summed E-state index contributed by atoms with van der Waals surface area (Å²) in [5, 5.41) is 4.43. The monoisotopic (exact) mass is 266 g/mol. The molecule has 6 heteroatoms. The molecular formula is C11H14N4S2. The van der Waals surface area contributed by atoms with Crippen molar-refractivity contribution in [3.8, 4) is 0 Å². The first-order valence-electron chi connectivity index (χ1n) is 5.23. The molecule has 90 valence electrons. The molecule has 0 saturated heterocycles. The van der Waals surface area contributed by atoms with E-state index in [1.54, 1.807) is 11.8 Å². The molecule has 2 heterocycles. The van der Waals surface area contributed by atoms with Crippen molar-refractivity contribution in [3.63, 3.8) is 0 Å². The molecule has 0 fully saturated rings. The summed E-state index contributed by atoms with van der Waals surface area (Å²) in [6.07, 6.45) is 6.60. The number of nitrogen functional groups attached to an aromatic ring is 1. The molecule has 0 amide bonds. The van der Waals surface area contributed by atoms with Crippen LogP contribution in [0.5, 0.6) is 0 Å². The van der Waals surface area contributed by atoms with E-state index in [-0.39, 0.29) is 0 Å². The van der Waals surface area contributed by atoms with E-state index >= 15 is 0 Å². The maximum absolute atomic E-state index is 5.76. The molecule has 0 atom stereocenters. The lowest BCUT2D eigenvalue weighted by molar-refractivity contribution is 1.01. The van der Waals surface area contributed by atoms with E-state index in [4.69, 9.17) is 5.73 Å². The van der Waals surface area contributed by atoms with Crippen LogP contribution in [0.1, 0.15) is 5.56 Å². The largest absolute Gasteiger partial charge is 0.382 e. The predicted molar refractivity (Wildman–Crippen MR) is 74.7 cm³/mol. The highest BCUT2D eigenvalue weighted by Crippen LogP contribution is 2.34. The summed E-state index contributed by atoms with van der Waals surface area (Å²) < 4.78 is 4.14.